The Hall–Kier alpha value is -2.91. The number of amides is 1. The van der Waals surface area contributed by atoms with Crippen molar-refractivity contribution in [3.05, 3.63) is 42.0 Å². The number of nitrogens with zero attached hydrogens (tertiary/aromatic N) is 4. The lowest BCUT2D eigenvalue weighted by atomic mass is 10.2. The van der Waals surface area contributed by atoms with Crippen LogP contribution in [0.4, 0.5) is 13.2 Å². The molecule has 1 atom stereocenters. The highest BCUT2D eigenvalue weighted by Crippen LogP contribution is 2.27. The number of methoxy groups -OCH3 is 1. The Morgan fingerprint density at radius 1 is 1.23 bits per heavy atom. The first kappa shape index (κ1) is 17.9. The van der Waals surface area contributed by atoms with E-state index in [0.29, 0.717) is 25.4 Å². The van der Waals surface area contributed by atoms with Gasteiger partial charge in [-0.1, -0.05) is 0 Å². The zero-order valence-electron chi connectivity index (χ0n) is 13.7. The van der Waals surface area contributed by atoms with Gasteiger partial charge in [0.05, 0.1) is 31.6 Å². The summed E-state index contributed by atoms with van der Waals surface area (Å²) in [5.74, 6) is 0.193. The van der Waals surface area contributed by atoms with Gasteiger partial charge in [-0.15, -0.1) is 0 Å². The molecule has 2 aromatic rings. The van der Waals surface area contributed by atoms with Crippen molar-refractivity contribution in [3.8, 4) is 11.8 Å². The molecule has 0 aliphatic carbocycles. The molecule has 0 radical (unpaired) electrons. The zero-order valence-corrected chi connectivity index (χ0v) is 13.7. The van der Waals surface area contributed by atoms with Crippen molar-refractivity contribution in [1.82, 2.24) is 19.9 Å². The Kier molecular flexibility index (Phi) is 4.92. The molecule has 0 saturated carbocycles. The maximum atomic E-state index is 12.5. The van der Waals surface area contributed by atoms with E-state index >= 15 is 0 Å². The fourth-order valence-corrected chi connectivity index (χ4v) is 2.54. The summed E-state index contributed by atoms with van der Waals surface area (Å²) in [6.45, 7) is 0.709. The second-order valence-corrected chi connectivity index (χ2v) is 5.61. The molecule has 3 heterocycles. The summed E-state index contributed by atoms with van der Waals surface area (Å²) in [6, 6.07) is 1.92. The molecule has 2 aromatic heterocycles. The first-order chi connectivity index (χ1) is 12.4. The minimum atomic E-state index is -4.54. The van der Waals surface area contributed by atoms with Crippen LogP contribution in [-0.2, 0) is 6.18 Å². The summed E-state index contributed by atoms with van der Waals surface area (Å²) in [4.78, 5) is 25.2. The summed E-state index contributed by atoms with van der Waals surface area (Å²) in [5, 5.41) is 0. The summed E-state index contributed by atoms with van der Waals surface area (Å²) >= 11 is 0. The number of likely N-dealkylation sites (tertiary alicyclic amines) is 1. The topological polar surface area (TPSA) is 77.4 Å². The van der Waals surface area contributed by atoms with E-state index in [0.717, 1.165) is 18.3 Å². The van der Waals surface area contributed by atoms with E-state index in [-0.39, 0.29) is 17.5 Å². The number of rotatable bonds is 4. The molecule has 0 aromatic carbocycles. The number of ether oxygens (including phenoxy) is 2. The summed E-state index contributed by atoms with van der Waals surface area (Å²) in [5.41, 5.74) is -0.937. The van der Waals surface area contributed by atoms with Crippen molar-refractivity contribution in [3.63, 3.8) is 0 Å². The van der Waals surface area contributed by atoms with Crippen LogP contribution >= 0.6 is 0 Å². The molecule has 1 fully saturated rings. The van der Waals surface area contributed by atoms with Crippen LogP contribution in [0.15, 0.2) is 30.7 Å². The summed E-state index contributed by atoms with van der Waals surface area (Å²) in [7, 11) is 1.46. The van der Waals surface area contributed by atoms with Gasteiger partial charge in [-0.2, -0.15) is 18.2 Å². The van der Waals surface area contributed by atoms with E-state index in [1.54, 1.807) is 0 Å². The number of alkyl halides is 3. The summed E-state index contributed by atoms with van der Waals surface area (Å²) < 4.78 is 48.3. The first-order valence-electron chi connectivity index (χ1n) is 7.72. The molecule has 7 nitrogen and oxygen atoms in total. The van der Waals surface area contributed by atoms with E-state index in [1.807, 2.05) is 0 Å². The van der Waals surface area contributed by atoms with Gasteiger partial charge in [-0.25, -0.2) is 0 Å². The lowest BCUT2D eigenvalue weighted by Gasteiger charge is -2.17. The number of carbonyl (C=O) groups excluding carboxylic acids is 1. The number of hydrogen-bond donors (Lipinski definition) is 0. The first-order valence-corrected chi connectivity index (χ1v) is 7.72. The second-order valence-electron chi connectivity index (χ2n) is 5.61. The maximum Gasteiger partial charge on any atom is 0.433 e. The average Bonchev–Trinajstić information content (AvgIpc) is 3.09. The van der Waals surface area contributed by atoms with Crippen LogP contribution in [0.5, 0.6) is 11.8 Å². The van der Waals surface area contributed by atoms with Gasteiger partial charge in [-0.3, -0.25) is 14.8 Å². The van der Waals surface area contributed by atoms with E-state index in [1.165, 1.54) is 24.4 Å². The van der Waals surface area contributed by atoms with Crippen LogP contribution in [0.25, 0.3) is 0 Å². The van der Waals surface area contributed by atoms with Crippen LogP contribution in [0, 0.1) is 0 Å². The van der Waals surface area contributed by atoms with Gasteiger partial charge in [0.25, 0.3) is 5.91 Å². The maximum absolute atomic E-state index is 12.5. The number of carbonyl (C=O) groups is 1. The lowest BCUT2D eigenvalue weighted by Crippen LogP contribution is -2.31. The molecular weight excluding hydrogens is 353 g/mol. The molecule has 0 spiro atoms. The summed E-state index contributed by atoms with van der Waals surface area (Å²) in [6.07, 6.45) is -0.443. The predicted octanol–water partition coefficient (Wildman–Crippen LogP) is 2.19. The Bertz CT molecular complexity index is 783. The third-order valence-electron chi connectivity index (χ3n) is 3.82. The molecule has 0 bridgehead atoms. The highest BCUT2D eigenvalue weighted by Gasteiger charge is 2.33. The minimum absolute atomic E-state index is 0.0971. The van der Waals surface area contributed by atoms with Crippen molar-refractivity contribution >= 4 is 5.91 Å². The quantitative estimate of drug-likeness (QED) is 0.823. The van der Waals surface area contributed by atoms with Crippen molar-refractivity contribution in [2.24, 2.45) is 0 Å². The van der Waals surface area contributed by atoms with Gasteiger partial charge in [0, 0.05) is 19.2 Å². The van der Waals surface area contributed by atoms with E-state index < -0.39 is 17.8 Å². The minimum Gasteiger partial charge on any atom is -0.480 e. The van der Waals surface area contributed by atoms with Crippen molar-refractivity contribution in [1.29, 1.82) is 0 Å². The van der Waals surface area contributed by atoms with Crippen molar-refractivity contribution < 1.29 is 27.4 Å². The monoisotopic (exact) mass is 368 g/mol. The van der Waals surface area contributed by atoms with Crippen LogP contribution in [-0.4, -0.2) is 52.1 Å². The van der Waals surface area contributed by atoms with Gasteiger partial charge < -0.3 is 14.4 Å². The van der Waals surface area contributed by atoms with E-state index in [2.05, 4.69) is 15.0 Å². The zero-order chi connectivity index (χ0) is 18.7. The van der Waals surface area contributed by atoms with Crippen LogP contribution in [0.2, 0.25) is 0 Å². The average molecular weight is 368 g/mol. The third kappa shape index (κ3) is 4.01. The van der Waals surface area contributed by atoms with Crippen LogP contribution < -0.4 is 9.47 Å². The highest BCUT2D eigenvalue weighted by molar-refractivity contribution is 5.94. The van der Waals surface area contributed by atoms with Gasteiger partial charge >= 0.3 is 6.18 Å². The molecule has 10 heteroatoms. The second kappa shape index (κ2) is 7.14. The Labute approximate surface area is 146 Å². The third-order valence-corrected chi connectivity index (χ3v) is 3.82. The smallest absolute Gasteiger partial charge is 0.433 e. The normalized spacial score (nSPS) is 17.2. The Balaban J connectivity index is 1.62. The molecule has 1 amide bonds. The fraction of sp³-hybridized carbons (Fsp3) is 0.375. The van der Waals surface area contributed by atoms with Crippen LogP contribution in [0.1, 0.15) is 22.5 Å². The van der Waals surface area contributed by atoms with E-state index in [4.69, 9.17) is 9.47 Å². The molecule has 1 aliphatic rings. The molecule has 1 saturated heterocycles. The number of hydrogen-bond acceptors (Lipinski definition) is 6. The van der Waals surface area contributed by atoms with Crippen molar-refractivity contribution in [2.45, 2.75) is 18.7 Å². The Morgan fingerprint density at radius 2 is 2.00 bits per heavy atom. The molecule has 26 heavy (non-hydrogen) atoms. The van der Waals surface area contributed by atoms with Gasteiger partial charge in [0.2, 0.25) is 11.8 Å². The number of pyridine rings is 1. The largest absolute Gasteiger partial charge is 0.480 e. The standard InChI is InChI=1S/C16H15F3N4O3/c1-25-13-7-20-8-14(22-13)26-11-4-5-23(9-11)15(24)10-2-3-12(21-6-10)16(17,18)19/h2-3,6-8,11H,4-5,9H2,1H3/t11-/m0/s1. The predicted molar refractivity (Wildman–Crippen MR) is 82.8 cm³/mol. The van der Waals surface area contributed by atoms with E-state index in [9.17, 15) is 18.0 Å². The van der Waals surface area contributed by atoms with Crippen LogP contribution in [0.3, 0.4) is 0 Å². The molecule has 0 N–H and O–H groups in total. The fourth-order valence-electron chi connectivity index (χ4n) is 2.54. The number of halogens is 3. The molecular formula is C16H15F3N4O3. The molecule has 3 rings (SSSR count). The SMILES string of the molecule is COc1cncc(O[C@H]2CCN(C(=O)c3ccc(C(F)(F)F)nc3)C2)n1. The van der Waals surface area contributed by atoms with Gasteiger partial charge in [-0.05, 0) is 12.1 Å². The van der Waals surface area contributed by atoms with Gasteiger partial charge in [0.15, 0.2) is 0 Å². The Morgan fingerprint density at radius 3 is 2.65 bits per heavy atom. The van der Waals surface area contributed by atoms with Gasteiger partial charge in [0.1, 0.15) is 11.8 Å². The number of aromatic nitrogens is 3. The molecule has 0 unspecified atom stereocenters. The van der Waals surface area contributed by atoms with Crippen molar-refractivity contribution in [2.75, 3.05) is 20.2 Å². The highest BCUT2D eigenvalue weighted by atomic mass is 19.4. The lowest BCUT2D eigenvalue weighted by molar-refractivity contribution is -0.141. The molecule has 1 aliphatic heterocycles. The molecule has 138 valence electrons.